The molecule has 0 aliphatic carbocycles. The Morgan fingerprint density at radius 3 is 2.58 bits per heavy atom. The maximum Gasteiger partial charge on any atom is 0.261 e. The van der Waals surface area contributed by atoms with E-state index in [1.54, 1.807) is 42.0 Å². The number of thiophene rings is 1. The monoisotopic (exact) mass is 523 g/mol. The molecule has 2 heterocycles. The molecule has 2 aromatic heterocycles. The largest absolute Gasteiger partial charge is 0.495 e. The average molecular weight is 524 g/mol. The molecule has 4 aromatic rings. The van der Waals surface area contributed by atoms with Crippen LogP contribution in [0.4, 0.5) is 5.69 Å². The Kier molecular flexibility index (Phi) is 8.58. The molecule has 0 saturated heterocycles. The molecule has 4 rings (SSSR count). The summed E-state index contributed by atoms with van der Waals surface area (Å²) in [6, 6.07) is 18.2. The summed E-state index contributed by atoms with van der Waals surface area (Å²) >= 11 is 2.60. The number of nitrogens with zero attached hydrogens (tertiary/aromatic N) is 3. The standard InChI is InChI=1S/C25H25N5O4S2/c1-3-34-18-12-10-17(11-13-18)27-23(31)16-36-25-29-28-22(15-26-24(32)21-9-6-14-35-21)30(25)19-7-4-5-8-20(19)33-2/h4-14H,3,15-16H2,1-2H3,(H,26,32)(H,27,31). The minimum absolute atomic E-state index is 0.113. The second-order valence-corrected chi connectivity index (χ2v) is 9.25. The van der Waals surface area contributed by atoms with Gasteiger partial charge in [-0.25, -0.2) is 0 Å². The molecule has 0 unspecified atom stereocenters. The van der Waals surface area contributed by atoms with E-state index in [0.717, 1.165) is 5.75 Å². The van der Waals surface area contributed by atoms with Gasteiger partial charge in [-0.2, -0.15) is 0 Å². The number of thioether (sulfide) groups is 1. The van der Waals surface area contributed by atoms with Crippen molar-refractivity contribution in [2.75, 3.05) is 24.8 Å². The molecule has 0 fully saturated rings. The summed E-state index contributed by atoms with van der Waals surface area (Å²) in [7, 11) is 1.58. The van der Waals surface area contributed by atoms with E-state index in [4.69, 9.17) is 9.47 Å². The lowest BCUT2D eigenvalue weighted by Crippen LogP contribution is -2.24. The molecule has 0 aliphatic rings. The lowest BCUT2D eigenvalue weighted by Gasteiger charge is -2.14. The van der Waals surface area contributed by atoms with Gasteiger partial charge in [-0.1, -0.05) is 30.0 Å². The highest BCUT2D eigenvalue weighted by molar-refractivity contribution is 7.99. The Morgan fingerprint density at radius 1 is 1.06 bits per heavy atom. The number of nitrogens with one attached hydrogen (secondary N) is 2. The minimum atomic E-state index is -0.191. The van der Waals surface area contributed by atoms with Gasteiger partial charge >= 0.3 is 0 Å². The van der Waals surface area contributed by atoms with E-state index in [1.807, 2.05) is 42.6 Å². The van der Waals surface area contributed by atoms with Crippen LogP contribution >= 0.6 is 23.1 Å². The van der Waals surface area contributed by atoms with Crippen molar-refractivity contribution in [1.82, 2.24) is 20.1 Å². The highest BCUT2D eigenvalue weighted by Gasteiger charge is 2.19. The first-order chi connectivity index (χ1) is 17.6. The second-order valence-electron chi connectivity index (χ2n) is 7.36. The quantitative estimate of drug-likeness (QED) is 0.281. The fourth-order valence-corrected chi connectivity index (χ4v) is 4.75. The van der Waals surface area contributed by atoms with Crippen LogP contribution < -0.4 is 20.1 Å². The average Bonchev–Trinajstić information content (AvgIpc) is 3.58. The van der Waals surface area contributed by atoms with Gasteiger partial charge in [-0.3, -0.25) is 14.2 Å². The topological polar surface area (TPSA) is 107 Å². The number of carbonyl (C=O) groups is 2. The number of anilines is 1. The minimum Gasteiger partial charge on any atom is -0.495 e. The zero-order valence-electron chi connectivity index (χ0n) is 19.8. The van der Waals surface area contributed by atoms with E-state index in [9.17, 15) is 9.59 Å². The molecule has 0 aliphatic heterocycles. The maximum atomic E-state index is 12.6. The summed E-state index contributed by atoms with van der Waals surface area (Å²) < 4.78 is 12.8. The number of aromatic nitrogens is 3. The molecule has 0 saturated carbocycles. The lowest BCUT2D eigenvalue weighted by atomic mass is 10.3. The fourth-order valence-electron chi connectivity index (χ4n) is 3.35. The zero-order valence-corrected chi connectivity index (χ0v) is 21.4. The van der Waals surface area contributed by atoms with Gasteiger partial charge in [0.25, 0.3) is 5.91 Å². The highest BCUT2D eigenvalue weighted by Crippen LogP contribution is 2.29. The molecule has 0 atom stereocenters. The van der Waals surface area contributed by atoms with Gasteiger partial charge in [0.2, 0.25) is 5.91 Å². The molecule has 2 aromatic carbocycles. The third kappa shape index (κ3) is 6.23. The van der Waals surface area contributed by atoms with E-state index in [0.29, 0.717) is 39.6 Å². The summed E-state index contributed by atoms with van der Waals surface area (Å²) in [5.74, 6) is 1.60. The third-order valence-electron chi connectivity index (χ3n) is 4.96. The van der Waals surface area contributed by atoms with E-state index in [-0.39, 0.29) is 24.1 Å². The first-order valence-electron chi connectivity index (χ1n) is 11.1. The number of ether oxygens (including phenoxy) is 2. The summed E-state index contributed by atoms with van der Waals surface area (Å²) in [6.07, 6.45) is 0. The molecule has 0 spiro atoms. The number of rotatable bonds is 11. The molecule has 186 valence electrons. The number of methoxy groups -OCH3 is 1. The second kappa shape index (κ2) is 12.2. The molecule has 2 N–H and O–H groups in total. The van der Waals surface area contributed by atoms with Crippen molar-refractivity contribution in [3.63, 3.8) is 0 Å². The van der Waals surface area contributed by atoms with Gasteiger partial charge in [0, 0.05) is 5.69 Å². The number of benzene rings is 2. The summed E-state index contributed by atoms with van der Waals surface area (Å²) in [5.41, 5.74) is 1.38. The molecular formula is C25H25N5O4S2. The number of hydrogen-bond donors (Lipinski definition) is 2. The van der Waals surface area contributed by atoms with Crippen LogP contribution in [0.2, 0.25) is 0 Å². The molecule has 0 bridgehead atoms. The van der Waals surface area contributed by atoms with Gasteiger partial charge < -0.3 is 20.1 Å². The molecule has 11 heteroatoms. The molecule has 9 nitrogen and oxygen atoms in total. The van der Waals surface area contributed by atoms with Gasteiger partial charge in [-0.05, 0) is 54.8 Å². The van der Waals surface area contributed by atoms with E-state index < -0.39 is 0 Å². The smallest absolute Gasteiger partial charge is 0.261 e. The first kappa shape index (κ1) is 25.3. The molecule has 36 heavy (non-hydrogen) atoms. The number of carbonyl (C=O) groups excluding carboxylic acids is 2. The zero-order chi connectivity index (χ0) is 25.3. The number of hydrogen-bond acceptors (Lipinski definition) is 8. The predicted octanol–water partition coefficient (Wildman–Crippen LogP) is 4.40. The summed E-state index contributed by atoms with van der Waals surface area (Å²) in [4.78, 5) is 25.7. The van der Waals surface area contributed by atoms with Gasteiger partial charge in [-0.15, -0.1) is 21.5 Å². The van der Waals surface area contributed by atoms with Crippen molar-refractivity contribution >= 4 is 40.6 Å². The van der Waals surface area contributed by atoms with E-state index >= 15 is 0 Å². The molecule has 2 amide bonds. The van der Waals surface area contributed by atoms with E-state index in [1.165, 1.54) is 23.1 Å². The normalized spacial score (nSPS) is 10.6. The van der Waals surface area contributed by atoms with Crippen molar-refractivity contribution in [1.29, 1.82) is 0 Å². The van der Waals surface area contributed by atoms with Gasteiger partial charge in [0.15, 0.2) is 11.0 Å². The Hall–Kier alpha value is -3.83. The van der Waals surface area contributed by atoms with Crippen LogP contribution in [0, 0.1) is 0 Å². The fraction of sp³-hybridized carbons (Fsp3) is 0.200. The molecule has 0 radical (unpaired) electrons. The van der Waals surface area contributed by atoms with Crippen molar-refractivity contribution in [3.8, 4) is 17.2 Å². The Morgan fingerprint density at radius 2 is 1.86 bits per heavy atom. The van der Waals surface area contributed by atoms with Crippen LogP contribution in [0.1, 0.15) is 22.4 Å². The van der Waals surface area contributed by atoms with Crippen LogP contribution in [0.15, 0.2) is 71.2 Å². The Labute approximate surface area is 216 Å². The van der Waals surface area contributed by atoms with Crippen molar-refractivity contribution in [2.24, 2.45) is 0 Å². The molecular weight excluding hydrogens is 498 g/mol. The van der Waals surface area contributed by atoms with Crippen LogP contribution in [0.25, 0.3) is 5.69 Å². The van der Waals surface area contributed by atoms with Crippen LogP contribution in [-0.2, 0) is 11.3 Å². The van der Waals surface area contributed by atoms with Crippen LogP contribution in [0.3, 0.4) is 0 Å². The van der Waals surface area contributed by atoms with Crippen LogP contribution in [-0.4, -0.2) is 46.0 Å². The lowest BCUT2D eigenvalue weighted by molar-refractivity contribution is -0.113. The number of para-hydroxylation sites is 2. The first-order valence-corrected chi connectivity index (χ1v) is 13.0. The highest BCUT2D eigenvalue weighted by atomic mass is 32.2. The van der Waals surface area contributed by atoms with Crippen molar-refractivity contribution < 1.29 is 19.1 Å². The summed E-state index contributed by atoms with van der Waals surface area (Å²) in [5, 5.41) is 16.7. The number of amides is 2. The van der Waals surface area contributed by atoms with Gasteiger partial charge in [0.1, 0.15) is 11.5 Å². The summed E-state index contributed by atoms with van der Waals surface area (Å²) in [6.45, 7) is 2.65. The predicted molar refractivity (Wildman–Crippen MR) is 140 cm³/mol. The Balaban J connectivity index is 1.49. The van der Waals surface area contributed by atoms with Crippen molar-refractivity contribution in [3.05, 3.63) is 76.7 Å². The third-order valence-corrected chi connectivity index (χ3v) is 6.76. The Bertz CT molecular complexity index is 1310. The SMILES string of the molecule is CCOc1ccc(NC(=O)CSc2nnc(CNC(=O)c3cccs3)n2-c2ccccc2OC)cc1. The van der Waals surface area contributed by atoms with Crippen molar-refractivity contribution in [2.45, 2.75) is 18.6 Å². The van der Waals surface area contributed by atoms with Crippen LogP contribution in [0.5, 0.6) is 11.5 Å². The van der Waals surface area contributed by atoms with Gasteiger partial charge in [0.05, 0.1) is 36.6 Å². The maximum absolute atomic E-state index is 12.6. The van der Waals surface area contributed by atoms with E-state index in [2.05, 4.69) is 20.8 Å².